The number of benzene rings is 2. The van der Waals surface area contributed by atoms with Gasteiger partial charge in [0.15, 0.2) is 0 Å². The highest BCUT2D eigenvalue weighted by Gasteiger charge is 2.37. The summed E-state index contributed by atoms with van der Waals surface area (Å²) in [6.07, 6.45) is 0. The molecular formula is C22H27N3O3. The van der Waals surface area contributed by atoms with E-state index in [0.717, 1.165) is 5.56 Å². The van der Waals surface area contributed by atoms with Crippen LogP contribution >= 0.6 is 0 Å². The Labute approximate surface area is 166 Å². The minimum absolute atomic E-state index is 0.0103. The summed E-state index contributed by atoms with van der Waals surface area (Å²) in [7, 11) is 3.75. The van der Waals surface area contributed by atoms with Gasteiger partial charge < -0.3 is 15.0 Å². The van der Waals surface area contributed by atoms with Crippen LogP contribution in [0.25, 0.3) is 0 Å². The minimum atomic E-state index is -0.349. The van der Waals surface area contributed by atoms with Crippen molar-refractivity contribution in [3.05, 3.63) is 65.7 Å². The molecule has 1 fully saturated rings. The van der Waals surface area contributed by atoms with Crippen molar-refractivity contribution in [2.45, 2.75) is 19.0 Å². The maximum Gasteiger partial charge on any atom is 0.255 e. The first kappa shape index (κ1) is 19.9. The summed E-state index contributed by atoms with van der Waals surface area (Å²) in [5.74, 6) is 0.472. The molecule has 2 aromatic rings. The molecule has 0 radical (unpaired) electrons. The second kappa shape index (κ2) is 8.89. The molecule has 1 aliphatic heterocycles. The van der Waals surface area contributed by atoms with Crippen LogP contribution in [0.4, 0.5) is 0 Å². The van der Waals surface area contributed by atoms with E-state index >= 15 is 0 Å². The van der Waals surface area contributed by atoms with Crippen LogP contribution in [0.15, 0.2) is 54.6 Å². The molecule has 0 aromatic heterocycles. The largest absolute Gasteiger partial charge is 0.493 e. The van der Waals surface area contributed by atoms with E-state index < -0.39 is 0 Å². The van der Waals surface area contributed by atoms with Crippen LogP contribution in [0, 0.1) is 0 Å². The highest BCUT2D eigenvalue weighted by atomic mass is 16.5. The number of hydrogen-bond donors (Lipinski definition) is 1. The van der Waals surface area contributed by atoms with E-state index in [-0.39, 0.29) is 23.9 Å². The van der Waals surface area contributed by atoms with Gasteiger partial charge in [0.1, 0.15) is 11.8 Å². The average molecular weight is 381 g/mol. The molecule has 2 atom stereocenters. The van der Waals surface area contributed by atoms with E-state index in [9.17, 15) is 9.59 Å². The Morgan fingerprint density at radius 2 is 1.79 bits per heavy atom. The predicted molar refractivity (Wildman–Crippen MR) is 108 cm³/mol. The second-order valence-corrected chi connectivity index (χ2v) is 6.99. The Bertz CT molecular complexity index is 825. The maximum absolute atomic E-state index is 12.7. The van der Waals surface area contributed by atoms with Crippen molar-refractivity contribution >= 4 is 11.8 Å². The molecule has 148 valence electrons. The highest BCUT2D eigenvalue weighted by molar-refractivity contribution is 5.97. The Balaban J connectivity index is 1.72. The third-order valence-corrected chi connectivity index (χ3v) is 5.12. The van der Waals surface area contributed by atoms with Crippen molar-refractivity contribution in [3.63, 3.8) is 0 Å². The lowest BCUT2D eigenvalue weighted by atomic mass is 9.99. The van der Waals surface area contributed by atoms with Gasteiger partial charge in [0.2, 0.25) is 5.91 Å². The van der Waals surface area contributed by atoms with Gasteiger partial charge in [-0.3, -0.25) is 14.5 Å². The van der Waals surface area contributed by atoms with Crippen LogP contribution in [0.1, 0.15) is 28.9 Å². The number of carbonyl (C=O) groups is 2. The van der Waals surface area contributed by atoms with Crippen molar-refractivity contribution in [1.29, 1.82) is 0 Å². The molecule has 1 heterocycles. The third-order valence-electron chi connectivity index (χ3n) is 5.12. The van der Waals surface area contributed by atoms with Crippen LogP contribution in [0.3, 0.4) is 0 Å². The van der Waals surface area contributed by atoms with Gasteiger partial charge in [-0.2, -0.15) is 0 Å². The Morgan fingerprint density at radius 3 is 2.50 bits per heavy atom. The summed E-state index contributed by atoms with van der Waals surface area (Å²) in [5, 5.41) is 3.01. The lowest BCUT2D eigenvalue weighted by Crippen LogP contribution is -2.58. The zero-order chi connectivity index (χ0) is 20.1. The summed E-state index contributed by atoms with van der Waals surface area (Å²) < 4.78 is 5.55. The molecule has 1 aliphatic rings. The third kappa shape index (κ3) is 4.17. The normalized spacial score (nSPS) is 20.1. The number of likely N-dealkylation sites (N-methyl/N-ethyl adjacent to an activating group) is 2. The van der Waals surface area contributed by atoms with Crippen LogP contribution < -0.4 is 10.1 Å². The SMILES string of the molecule is CCOc1ccccc1C(=O)NC[C@@H]1CN(C)C(=O)[C@H](c2ccccc2)N1C. The van der Waals surface area contributed by atoms with E-state index in [0.29, 0.717) is 31.0 Å². The van der Waals surface area contributed by atoms with Crippen molar-refractivity contribution in [3.8, 4) is 5.75 Å². The molecule has 3 rings (SSSR count). The van der Waals surface area contributed by atoms with Crippen molar-refractivity contribution in [1.82, 2.24) is 15.1 Å². The smallest absolute Gasteiger partial charge is 0.255 e. The molecule has 0 spiro atoms. The molecule has 2 aromatic carbocycles. The first-order valence-electron chi connectivity index (χ1n) is 9.54. The predicted octanol–water partition coefficient (Wildman–Crippen LogP) is 2.33. The number of hydrogen-bond acceptors (Lipinski definition) is 4. The minimum Gasteiger partial charge on any atom is -0.493 e. The first-order valence-corrected chi connectivity index (χ1v) is 9.54. The number of carbonyl (C=O) groups excluding carboxylic acids is 2. The monoisotopic (exact) mass is 381 g/mol. The van der Waals surface area contributed by atoms with Crippen LogP contribution in [-0.4, -0.2) is 61.4 Å². The number of rotatable bonds is 6. The molecule has 2 amide bonds. The van der Waals surface area contributed by atoms with Crippen LogP contribution in [-0.2, 0) is 4.79 Å². The van der Waals surface area contributed by atoms with Gasteiger partial charge in [0, 0.05) is 26.2 Å². The topological polar surface area (TPSA) is 61.9 Å². The zero-order valence-corrected chi connectivity index (χ0v) is 16.6. The fraction of sp³-hybridized carbons (Fsp3) is 0.364. The lowest BCUT2D eigenvalue weighted by Gasteiger charge is -2.43. The number of ether oxygens (including phenoxy) is 1. The Morgan fingerprint density at radius 1 is 1.11 bits per heavy atom. The number of amides is 2. The molecule has 1 saturated heterocycles. The van der Waals surface area contributed by atoms with Gasteiger partial charge in [0.05, 0.1) is 12.2 Å². The number of nitrogens with zero attached hydrogens (tertiary/aromatic N) is 2. The van der Waals surface area contributed by atoms with Gasteiger partial charge in [0.25, 0.3) is 5.91 Å². The number of piperazine rings is 1. The fourth-order valence-electron chi connectivity index (χ4n) is 3.59. The Hall–Kier alpha value is -2.86. The van der Waals surface area contributed by atoms with E-state index in [4.69, 9.17) is 4.74 Å². The summed E-state index contributed by atoms with van der Waals surface area (Å²) >= 11 is 0. The number of nitrogens with one attached hydrogen (secondary N) is 1. The summed E-state index contributed by atoms with van der Waals surface area (Å²) in [5.41, 5.74) is 1.48. The quantitative estimate of drug-likeness (QED) is 0.834. The standard InChI is InChI=1S/C22H27N3O3/c1-4-28-19-13-9-8-12-18(19)21(26)23-14-17-15-24(2)22(27)20(25(17)3)16-10-6-5-7-11-16/h5-13,17,20H,4,14-15H2,1-3H3,(H,23,26)/t17-,20+/m1/s1. The summed E-state index contributed by atoms with van der Waals surface area (Å²) in [4.78, 5) is 29.2. The highest BCUT2D eigenvalue weighted by Crippen LogP contribution is 2.27. The molecule has 6 heteroatoms. The zero-order valence-electron chi connectivity index (χ0n) is 16.6. The lowest BCUT2D eigenvalue weighted by molar-refractivity contribution is -0.142. The maximum atomic E-state index is 12.7. The molecule has 6 nitrogen and oxygen atoms in total. The van der Waals surface area contributed by atoms with Crippen LogP contribution in [0.5, 0.6) is 5.75 Å². The van der Waals surface area contributed by atoms with Crippen molar-refractivity contribution in [2.75, 3.05) is 33.8 Å². The molecule has 28 heavy (non-hydrogen) atoms. The van der Waals surface area contributed by atoms with Gasteiger partial charge in [-0.1, -0.05) is 42.5 Å². The van der Waals surface area contributed by atoms with Crippen LogP contribution in [0.2, 0.25) is 0 Å². The molecule has 0 unspecified atom stereocenters. The summed E-state index contributed by atoms with van der Waals surface area (Å²) in [6.45, 7) is 3.40. The molecular weight excluding hydrogens is 354 g/mol. The molecule has 0 bridgehead atoms. The molecule has 0 aliphatic carbocycles. The average Bonchev–Trinajstić information content (AvgIpc) is 2.71. The van der Waals surface area contributed by atoms with E-state index in [1.54, 1.807) is 17.0 Å². The van der Waals surface area contributed by atoms with E-state index in [1.807, 2.05) is 68.4 Å². The molecule has 0 saturated carbocycles. The van der Waals surface area contributed by atoms with Gasteiger partial charge in [-0.05, 0) is 31.7 Å². The first-order chi connectivity index (χ1) is 13.5. The van der Waals surface area contributed by atoms with E-state index in [2.05, 4.69) is 5.32 Å². The fourth-order valence-corrected chi connectivity index (χ4v) is 3.59. The van der Waals surface area contributed by atoms with Gasteiger partial charge in [-0.25, -0.2) is 0 Å². The van der Waals surface area contributed by atoms with Gasteiger partial charge in [-0.15, -0.1) is 0 Å². The molecule has 1 N–H and O–H groups in total. The van der Waals surface area contributed by atoms with Crippen molar-refractivity contribution < 1.29 is 14.3 Å². The van der Waals surface area contributed by atoms with E-state index in [1.165, 1.54) is 0 Å². The summed E-state index contributed by atoms with van der Waals surface area (Å²) in [6, 6.07) is 16.6. The van der Waals surface area contributed by atoms with Crippen molar-refractivity contribution in [2.24, 2.45) is 0 Å². The Kier molecular flexibility index (Phi) is 6.31. The second-order valence-electron chi connectivity index (χ2n) is 6.99. The van der Waals surface area contributed by atoms with Gasteiger partial charge >= 0.3 is 0 Å². The number of para-hydroxylation sites is 1.